The number of hydrogen-bond donors (Lipinski definition) is 1. The Morgan fingerprint density at radius 3 is 2.61 bits per heavy atom. The Morgan fingerprint density at radius 1 is 1.16 bits per heavy atom. The highest BCUT2D eigenvalue weighted by molar-refractivity contribution is 7.91. The SMILES string of the molecule is Cc1ccc2c(c1)C(=O)N(CCCC(=O)Nc1cc(C)nn1C1CCS(=O)(=O)C1)C2=O. The number of carbonyl (C=O) groups is 3. The van der Waals surface area contributed by atoms with Gasteiger partial charge in [-0.05, 0) is 38.8 Å². The van der Waals surface area contributed by atoms with Gasteiger partial charge in [-0.3, -0.25) is 19.3 Å². The van der Waals surface area contributed by atoms with Gasteiger partial charge in [-0.25, -0.2) is 13.1 Å². The van der Waals surface area contributed by atoms with E-state index in [1.807, 2.05) is 6.92 Å². The van der Waals surface area contributed by atoms with E-state index in [2.05, 4.69) is 10.4 Å². The largest absolute Gasteiger partial charge is 0.311 e. The maximum Gasteiger partial charge on any atom is 0.261 e. The summed E-state index contributed by atoms with van der Waals surface area (Å²) in [6, 6.07) is 6.56. The third-order valence-corrected chi connectivity index (χ3v) is 7.34. The lowest BCUT2D eigenvalue weighted by Crippen LogP contribution is -2.31. The van der Waals surface area contributed by atoms with Gasteiger partial charge in [0, 0.05) is 19.0 Å². The molecule has 31 heavy (non-hydrogen) atoms. The summed E-state index contributed by atoms with van der Waals surface area (Å²) in [5.74, 6) is -0.368. The fourth-order valence-corrected chi connectivity index (χ4v) is 5.76. The van der Waals surface area contributed by atoms with Crippen molar-refractivity contribution in [2.75, 3.05) is 23.4 Å². The minimum atomic E-state index is -3.08. The van der Waals surface area contributed by atoms with Crippen LogP contribution in [0.4, 0.5) is 5.82 Å². The van der Waals surface area contributed by atoms with Crippen molar-refractivity contribution in [2.45, 2.75) is 39.2 Å². The smallest absolute Gasteiger partial charge is 0.261 e. The molecule has 3 amide bonds. The fraction of sp³-hybridized carbons (Fsp3) is 0.429. The number of rotatable bonds is 6. The highest BCUT2D eigenvalue weighted by atomic mass is 32.2. The third kappa shape index (κ3) is 4.25. The Hall–Kier alpha value is -3.01. The van der Waals surface area contributed by atoms with E-state index in [9.17, 15) is 22.8 Å². The lowest BCUT2D eigenvalue weighted by Gasteiger charge is -2.15. The average Bonchev–Trinajstić information content (AvgIpc) is 3.31. The maximum absolute atomic E-state index is 12.5. The number of imide groups is 1. The molecule has 10 heteroatoms. The molecule has 9 nitrogen and oxygen atoms in total. The van der Waals surface area contributed by atoms with Crippen LogP contribution in [-0.4, -0.2) is 58.9 Å². The van der Waals surface area contributed by atoms with Crippen molar-refractivity contribution in [1.82, 2.24) is 14.7 Å². The van der Waals surface area contributed by atoms with Gasteiger partial charge in [-0.1, -0.05) is 11.6 Å². The number of aryl methyl sites for hydroxylation is 2. The highest BCUT2D eigenvalue weighted by Gasteiger charge is 2.35. The van der Waals surface area contributed by atoms with E-state index in [0.29, 0.717) is 35.5 Å². The number of carbonyl (C=O) groups excluding carboxylic acids is 3. The second-order valence-electron chi connectivity index (χ2n) is 8.14. The van der Waals surface area contributed by atoms with Crippen molar-refractivity contribution >= 4 is 33.4 Å². The molecule has 0 bridgehead atoms. The van der Waals surface area contributed by atoms with Crippen LogP contribution in [0.25, 0.3) is 0 Å². The molecule has 1 N–H and O–H groups in total. The molecule has 0 radical (unpaired) electrons. The number of amides is 3. The Kier molecular flexibility index (Phi) is 5.42. The van der Waals surface area contributed by atoms with Gasteiger partial charge in [0.15, 0.2) is 9.84 Å². The molecular formula is C21H24N4O5S. The number of benzene rings is 1. The van der Waals surface area contributed by atoms with Crippen molar-refractivity contribution in [3.8, 4) is 0 Å². The van der Waals surface area contributed by atoms with Crippen molar-refractivity contribution < 1.29 is 22.8 Å². The summed E-state index contributed by atoms with van der Waals surface area (Å²) in [5, 5.41) is 7.13. The molecule has 0 saturated carbocycles. The Bertz CT molecular complexity index is 1180. The van der Waals surface area contributed by atoms with Crippen molar-refractivity contribution in [1.29, 1.82) is 0 Å². The summed E-state index contributed by atoms with van der Waals surface area (Å²) >= 11 is 0. The Balaban J connectivity index is 1.35. The maximum atomic E-state index is 12.5. The van der Waals surface area contributed by atoms with Gasteiger partial charge in [0.25, 0.3) is 11.8 Å². The summed E-state index contributed by atoms with van der Waals surface area (Å²) in [6.45, 7) is 3.79. The first-order chi connectivity index (χ1) is 14.6. The fourth-order valence-electron chi connectivity index (χ4n) is 4.07. The summed E-state index contributed by atoms with van der Waals surface area (Å²) < 4.78 is 25.1. The summed E-state index contributed by atoms with van der Waals surface area (Å²) in [4.78, 5) is 38.6. The molecular weight excluding hydrogens is 420 g/mol. The number of anilines is 1. The van der Waals surface area contributed by atoms with Crippen LogP contribution < -0.4 is 5.32 Å². The molecule has 1 unspecified atom stereocenters. The van der Waals surface area contributed by atoms with E-state index in [1.165, 1.54) is 4.90 Å². The van der Waals surface area contributed by atoms with Crippen LogP contribution in [0.1, 0.15) is 57.3 Å². The van der Waals surface area contributed by atoms with Gasteiger partial charge in [0.05, 0.1) is 34.4 Å². The molecule has 1 fully saturated rings. The van der Waals surface area contributed by atoms with E-state index in [1.54, 1.807) is 35.9 Å². The van der Waals surface area contributed by atoms with Crippen LogP contribution in [0.5, 0.6) is 0 Å². The minimum absolute atomic E-state index is 0.0101. The van der Waals surface area contributed by atoms with Gasteiger partial charge < -0.3 is 5.32 Å². The van der Waals surface area contributed by atoms with Gasteiger partial charge in [-0.15, -0.1) is 0 Å². The second-order valence-corrected chi connectivity index (χ2v) is 10.4. The van der Waals surface area contributed by atoms with Crippen LogP contribution in [0.2, 0.25) is 0 Å². The zero-order chi connectivity index (χ0) is 22.3. The van der Waals surface area contributed by atoms with E-state index in [4.69, 9.17) is 0 Å². The molecule has 164 valence electrons. The van der Waals surface area contributed by atoms with Crippen molar-refractivity contribution in [2.24, 2.45) is 0 Å². The summed E-state index contributed by atoms with van der Waals surface area (Å²) in [5.41, 5.74) is 2.38. The number of aromatic nitrogens is 2. The first-order valence-electron chi connectivity index (χ1n) is 10.2. The molecule has 1 aromatic heterocycles. The summed E-state index contributed by atoms with van der Waals surface area (Å²) in [7, 11) is -3.08. The van der Waals surface area contributed by atoms with E-state index < -0.39 is 9.84 Å². The van der Waals surface area contributed by atoms with Gasteiger partial charge in [-0.2, -0.15) is 5.10 Å². The van der Waals surface area contributed by atoms with Crippen LogP contribution in [0.15, 0.2) is 24.3 Å². The lowest BCUT2D eigenvalue weighted by molar-refractivity contribution is -0.116. The van der Waals surface area contributed by atoms with E-state index >= 15 is 0 Å². The molecule has 1 atom stereocenters. The molecule has 2 aromatic rings. The molecule has 2 aliphatic rings. The number of nitrogens with one attached hydrogen (secondary N) is 1. The van der Waals surface area contributed by atoms with Crippen LogP contribution in [0.3, 0.4) is 0 Å². The second kappa shape index (κ2) is 7.92. The zero-order valence-electron chi connectivity index (χ0n) is 17.4. The van der Waals surface area contributed by atoms with Crippen LogP contribution in [-0.2, 0) is 14.6 Å². The standard InChI is InChI=1S/C21H24N4O5S/c1-13-5-6-16-17(10-13)21(28)24(20(16)27)8-3-4-19(26)22-18-11-14(2)23-25(18)15-7-9-31(29,30)12-15/h5-6,10-11,15H,3-4,7-9,12H2,1-2H3,(H,22,26). The number of nitrogens with zero attached hydrogens (tertiary/aromatic N) is 3. The molecule has 4 rings (SSSR count). The molecule has 2 aliphatic heterocycles. The molecule has 0 aliphatic carbocycles. The monoisotopic (exact) mass is 444 g/mol. The highest BCUT2D eigenvalue weighted by Crippen LogP contribution is 2.27. The number of hydrogen-bond acceptors (Lipinski definition) is 6. The number of sulfone groups is 1. The lowest BCUT2D eigenvalue weighted by atomic mass is 10.1. The molecule has 1 saturated heterocycles. The van der Waals surface area contributed by atoms with Crippen molar-refractivity contribution in [3.63, 3.8) is 0 Å². The average molecular weight is 445 g/mol. The van der Waals surface area contributed by atoms with E-state index in [-0.39, 0.29) is 48.2 Å². The van der Waals surface area contributed by atoms with Gasteiger partial charge in [0.2, 0.25) is 5.91 Å². The first kappa shape index (κ1) is 21.2. The Morgan fingerprint density at radius 2 is 1.90 bits per heavy atom. The van der Waals surface area contributed by atoms with Gasteiger partial charge in [0.1, 0.15) is 5.82 Å². The zero-order valence-corrected chi connectivity index (χ0v) is 18.2. The number of fused-ring (bicyclic) bond motifs is 1. The Labute approximate surface area is 180 Å². The van der Waals surface area contributed by atoms with Crippen molar-refractivity contribution in [3.05, 3.63) is 46.6 Å². The molecule has 0 spiro atoms. The topological polar surface area (TPSA) is 118 Å². The quantitative estimate of drug-likeness (QED) is 0.680. The van der Waals surface area contributed by atoms with Crippen LogP contribution in [0, 0.1) is 13.8 Å². The molecule has 1 aromatic carbocycles. The first-order valence-corrected chi connectivity index (χ1v) is 12.0. The predicted molar refractivity (Wildman–Crippen MR) is 114 cm³/mol. The minimum Gasteiger partial charge on any atom is -0.311 e. The summed E-state index contributed by atoms with van der Waals surface area (Å²) in [6.07, 6.45) is 0.895. The normalized spacial score (nSPS) is 19.7. The third-order valence-electron chi connectivity index (χ3n) is 5.59. The van der Waals surface area contributed by atoms with E-state index in [0.717, 1.165) is 5.56 Å². The molecule has 3 heterocycles. The van der Waals surface area contributed by atoms with Crippen LogP contribution >= 0.6 is 0 Å². The predicted octanol–water partition coefficient (Wildman–Crippen LogP) is 1.87. The van der Waals surface area contributed by atoms with Gasteiger partial charge >= 0.3 is 0 Å².